The van der Waals surface area contributed by atoms with Crippen molar-refractivity contribution in [3.8, 4) is 22.4 Å². The quantitative estimate of drug-likeness (QED) is 0.347. The molecular formula is C26H19ClF3N3O. The Bertz CT molecular complexity index is 1430. The van der Waals surface area contributed by atoms with Gasteiger partial charge in [-0.25, -0.2) is 0 Å². The van der Waals surface area contributed by atoms with E-state index in [9.17, 15) is 18.0 Å². The van der Waals surface area contributed by atoms with Crippen LogP contribution in [0.15, 0.2) is 60.8 Å². The van der Waals surface area contributed by atoms with Crippen LogP contribution in [-0.2, 0) is 6.18 Å². The Morgan fingerprint density at radius 3 is 2.56 bits per heavy atom. The first-order valence-electron chi connectivity index (χ1n) is 10.7. The smallest absolute Gasteiger partial charge is 0.349 e. The highest BCUT2D eigenvalue weighted by Crippen LogP contribution is 2.40. The zero-order valence-electron chi connectivity index (χ0n) is 18.1. The molecule has 4 aromatic rings. The number of carbonyl (C=O) groups is 1. The Balaban J connectivity index is 1.59. The lowest BCUT2D eigenvalue weighted by Crippen LogP contribution is -2.25. The molecule has 0 saturated heterocycles. The van der Waals surface area contributed by atoms with Gasteiger partial charge in [-0.15, -0.1) is 5.10 Å². The van der Waals surface area contributed by atoms with E-state index >= 15 is 0 Å². The van der Waals surface area contributed by atoms with E-state index in [1.807, 2.05) is 31.2 Å². The standard InChI is InChI=1S/C26H19ClF3N3O/c1-14-2-3-16(25(34)32-19-6-7-19)11-22(14)15-4-8-20-17(10-15)13-31-33-24(20)21-9-5-18(27)12-23(21)26(28,29)30/h2-5,8-13,19H,6-7H2,1H3,(H,32,34). The number of nitrogens with zero attached hydrogens (tertiary/aromatic N) is 2. The Morgan fingerprint density at radius 1 is 1.03 bits per heavy atom. The van der Waals surface area contributed by atoms with E-state index in [1.54, 1.807) is 12.1 Å². The highest BCUT2D eigenvalue weighted by molar-refractivity contribution is 6.30. The summed E-state index contributed by atoms with van der Waals surface area (Å²) in [5.74, 6) is -0.111. The lowest BCUT2D eigenvalue weighted by molar-refractivity contribution is -0.137. The normalized spacial score (nSPS) is 13.8. The number of nitrogens with one attached hydrogen (secondary N) is 1. The molecule has 172 valence electrons. The van der Waals surface area contributed by atoms with Crippen LogP contribution in [0.5, 0.6) is 0 Å². The van der Waals surface area contributed by atoms with Gasteiger partial charge >= 0.3 is 6.18 Å². The SMILES string of the molecule is Cc1ccc(C(=O)NC2CC2)cc1-c1ccc2c(-c3ccc(Cl)cc3C(F)(F)F)nncc2c1. The van der Waals surface area contributed by atoms with Crippen molar-refractivity contribution in [1.29, 1.82) is 0 Å². The van der Waals surface area contributed by atoms with E-state index in [0.717, 1.165) is 35.6 Å². The number of fused-ring (bicyclic) bond motifs is 1. The first-order valence-corrected chi connectivity index (χ1v) is 11.1. The summed E-state index contributed by atoms with van der Waals surface area (Å²) >= 11 is 5.83. The fourth-order valence-electron chi connectivity index (χ4n) is 3.98. The van der Waals surface area contributed by atoms with Crippen molar-refractivity contribution in [3.63, 3.8) is 0 Å². The summed E-state index contributed by atoms with van der Waals surface area (Å²) in [6.45, 7) is 1.95. The molecule has 0 radical (unpaired) electrons. The molecule has 1 aliphatic rings. The molecule has 4 nitrogen and oxygen atoms in total. The molecule has 5 rings (SSSR count). The summed E-state index contributed by atoms with van der Waals surface area (Å²) in [7, 11) is 0. The van der Waals surface area contributed by atoms with E-state index in [-0.39, 0.29) is 28.2 Å². The summed E-state index contributed by atoms with van der Waals surface area (Å²) < 4.78 is 41.1. The van der Waals surface area contributed by atoms with Crippen LogP contribution < -0.4 is 5.32 Å². The number of benzene rings is 3. The average Bonchev–Trinajstić information content (AvgIpc) is 3.62. The molecule has 1 saturated carbocycles. The molecule has 0 atom stereocenters. The maximum Gasteiger partial charge on any atom is 0.417 e. The second-order valence-electron chi connectivity index (χ2n) is 8.46. The molecule has 1 amide bonds. The maximum absolute atomic E-state index is 13.7. The zero-order valence-corrected chi connectivity index (χ0v) is 18.8. The van der Waals surface area contributed by atoms with E-state index < -0.39 is 11.7 Å². The molecule has 1 N–H and O–H groups in total. The second kappa shape index (κ2) is 8.40. The number of halogens is 4. The Kier molecular flexibility index (Phi) is 5.52. The van der Waals surface area contributed by atoms with Gasteiger partial charge in [-0.2, -0.15) is 18.3 Å². The highest BCUT2D eigenvalue weighted by atomic mass is 35.5. The lowest BCUT2D eigenvalue weighted by Gasteiger charge is -2.15. The number of aryl methyl sites for hydroxylation is 1. The van der Waals surface area contributed by atoms with Gasteiger partial charge in [-0.05, 0) is 66.8 Å². The first-order chi connectivity index (χ1) is 16.2. The van der Waals surface area contributed by atoms with E-state index in [0.29, 0.717) is 16.3 Å². The van der Waals surface area contributed by atoms with E-state index in [1.165, 1.54) is 18.3 Å². The number of hydrogen-bond donors (Lipinski definition) is 1. The average molecular weight is 482 g/mol. The van der Waals surface area contributed by atoms with Gasteiger partial charge < -0.3 is 5.32 Å². The summed E-state index contributed by atoms with van der Waals surface area (Å²) in [6, 6.07) is 14.8. The monoisotopic (exact) mass is 481 g/mol. The predicted octanol–water partition coefficient (Wildman–Crippen LogP) is 6.84. The van der Waals surface area contributed by atoms with Gasteiger partial charge in [0.1, 0.15) is 5.69 Å². The van der Waals surface area contributed by atoms with Gasteiger partial charge in [0.05, 0.1) is 11.8 Å². The van der Waals surface area contributed by atoms with Crippen molar-refractivity contribution >= 4 is 28.3 Å². The number of hydrogen-bond acceptors (Lipinski definition) is 3. The van der Waals surface area contributed by atoms with E-state index in [2.05, 4.69) is 15.5 Å². The minimum Gasteiger partial charge on any atom is -0.349 e. The maximum atomic E-state index is 13.7. The molecule has 34 heavy (non-hydrogen) atoms. The summed E-state index contributed by atoms with van der Waals surface area (Å²) in [4.78, 5) is 12.5. The summed E-state index contributed by atoms with van der Waals surface area (Å²) in [6.07, 6.45) is -1.07. The molecule has 1 fully saturated rings. The van der Waals surface area contributed by atoms with Gasteiger partial charge in [0, 0.05) is 33.0 Å². The zero-order chi connectivity index (χ0) is 24.0. The molecule has 1 heterocycles. The summed E-state index contributed by atoms with van der Waals surface area (Å²) in [5, 5.41) is 12.1. The lowest BCUT2D eigenvalue weighted by atomic mass is 9.94. The van der Waals surface area contributed by atoms with Crippen molar-refractivity contribution in [2.75, 3.05) is 0 Å². The molecule has 8 heteroatoms. The van der Waals surface area contributed by atoms with Crippen LogP contribution in [0.4, 0.5) is 13.2 Å². The van der Waals surface area contributed by atoms with Crippen LogP contribution in [0.25, 0.3) is 33.2 Å². The molecule has 0 aliphatic heterocycles. The fraction of sp³-hybridized carbons (Fsp3) is 0.192. The van der Waals surface area contributed by atoms with Crippen molar-refractivity contribution < 1.29 is 18.0 Å². The molecule has 3 aromatic carbocycles. The third kappa shape index (κ3) is 4.35. The Morgan fingerprint density at radius 2 is 1.82 bits per heavy atom. The molecular weight excluding hydrogens is 463 g/mol. The molecule has 1 aliphatic carbocycles. The molecule has 0 spiro atoms. The second-order valence-corrected chi connectivity index (χ2v) is 8.90. The molecule has 0 unspecified atom stereocenters. The largest absolute Gasteiger partial charge is 0.417 e. The Labute approximate surface area is 198 Å². The van der Waals surface area contributed by atoms with Crippen molar-refractivity contribution in [3.05, 3.63) is 82.5 Å². The summed E-state index contributed by atoms with van der Waals surface area (Å²) in [5.41, 5.74) is 2.41. The third-order valence-corrected chi connectivity index (χ3v) is 6.16. The predicted molar refractivity (Wildman–Crippen MR) is 126 cm³/mol. The van der Waals surface area contributed by atoms with Crippen LogP contribution in [0, 0.1) is 6.92 Å². The van der Waals surface area contributed by atoms with Crippen LogP contribution in [-0.4, -0.2) is 22.1 Å². The minimum atomic E-state index is -4.59. The minimum absolute atomic E-state index is 0.00682. The Hall–Kier alpha value is -3.45. The topological polar surface area (TPSA) is 54.9 Å². The van der Waals surface area contributed by atoms with Gasteiger partial charge in [0.2, 0.25) is 0 Å². The van der Waals surface area contributed by atoms with Gasteiger partial charge in [0.25, 0.3) is 5.91 Å². The number of alkyl halides is 3. The first kappa shape index (κ1) is 22.3. The fourth-order valence-corrected chi connectivity index (χ4v) is 4.15. The van der Waals surface area contributed by atoms with Crippen LogP contribution in [0.1, 0.15) is 34.3 Å². The molecule has 1 aromatic heterocycles. The third-order valence-electron chi connectivity index (χ3n) is 5.93. The highest BCUT2D eigenvalue weighted by Gasteiger charge is 2.34. The molecule has 0 bridgehead atoms. The van der Waals surface area contributed by atoms with Crippen LogP contribution >= 0.6 is 11.6 Å². The number of rotatable bonds is 4. The van der Waals surface area contributed by atoms with Crippen molar-refractivity contribution in [2.24, 2.45) is 0 Å². The van der Waals surface area contributed by atoms with Gasteiger partial charge in [-0.1, -0.05) is 35.9 Å². The van der Waals surface area contributed by atoms with Gasteiger partial charge in [-0.3, -0.25) is 4.79 Å². The van der Waals surface area contributed by atoms with Crippen LogP contribution in [0.2, 0.25) is 5.02 Å². The van der Waals surface area contributed by atoms with Gasteiger partial charge in [0.15, 0.2) is 0 Å². The number of carbonyl (C=O) groups excluding carboxylic acids is 1. The number of aromatic nitrogens is 2. The van der Waals surface area contributed by atoms with Crippen LogP contribution in [0.3, 0.4) is 0 Å². The van der Waals surface area contributed by atoms with E-state index in [4.69, 9.17) is 11.6 Å². The van der Waals surface area contributed by atoms with Crippen molar-refractivity contribution in [2.45, 2.75) is 32.0 Å². The number of amides is 1. The van der Waals surface area contributed by atoms with Crippen molar-refractivity contribution in [1.82, 2.24) is 15.5 Å².